The molecule has 0 saturated heterocycles. The van der Waals surface area contributed by atoms with Crippen molar-refractivity contribution in [2.24, 2.45) is 0 Å². The molecule has 0 aromatic heterocycles. The van der Waals surface area contributed by atoms with E-state index in [0.717, 1.165) is 19.3 Å². The van der Waals surface area contributed by atoms with Crippen molar-refractivity contribution in [2.75, 3.05) is 5.75 Å². The van der Waals surface area contributed by atoms with Crippen LogP contribution in [0.4, 0.5) is 0 Å². The van der Waals surface area contributed by atoms with Crippen molar-refractivity contribution >= 4 is 10.0 Å². The van der Waals surface area contributed by atoms with E-state index >= 15 is 0 Å². The summed E-state index contributed by atoms with van der Waals surface area (Å²) in [5.41, 5.74) is 0. The van der Waals surface area contributed by atoms with Gasteiger partial charge in [0, 0.05) is 12.2 Å². The van der Waals surface area contributed by atoms with Crippen molar-refractivity contribution in [1.29, 1.82) is 0 Å². The highest BCUT2D eigenvalue weighted by Gasteiger charge is 2.21. The van der Waals surface area contributed by atoms with Gasteiger partial charge in [0.2, 0.25) is 10.0 Å². The zero-order valence-corrected chi connectivity index (χ0v) is 10.9. The zero-order valence-electron chi connectivity index (χ0n) is 10.1. The summed E-state index contributed by atoms with van der Waals surface area (Å²) in [5.74, 6) is 0.204. The van der Waals surface area contributed by atoms with E-state index in [1.54, 1.807) is 0 Å². The summed E-state index contributed by atoms with van der Waals surface area (Å²) in [4.78, 5) is 0. The number of nitrogens with zero attached hydrogens (tertiary/aromatic N) is 1. The molecule has 0 rings (SSSR count). The molecule has 0 aliphatic heterocycles. The highest BCUT2D eigenvalue weighted by molar-refractivity contribution is 7.89. The van der Waals surface area contributed by atoms with Crippen LogP contribution in [0.25, 0.3) is 0 Å². The van der Waals surface area contributed by atoms with Gasteiger partial charge < -0.3 is 0 Å². The van der Waals surface area contributed by atoms with Gasteiger partial charge in [0.15, 0.2) is 0 Å². The third kappa shape index (κ3) is 4.69. The minimum atomic E-state index is -3.14. The van der Waals surface area contributed by atoms with E-state index in [0.29, 0.717) is 6.42 Å². The van der Waals surface area contributed by atoms with Crippen molar-refractivity contribution in [1.82, 2.24) is 4.31 Å². The number of hydrogen-bond acceptors (Lipinski definition) is 2. The summed E-state index contributed by atoms with van der Waals surface area (Å²) in [5, 5.41) is 0. The summed E-state index contributed by atoms with van der Waals surface area (Å²) >= 11 is 0. The third-order valence-electron chi connectivity index (χ3n) is 2.37. The largest absolute Gasteiger partial charge is 0.275 e. The fraction of sp³-hybridized carbons (Fsp3) is 0.818. The first-order chi connectivity index (χ1) is 6.99. The lowest BCUT2D eigenvalue weighted by molar-refractivity contribution is 0.392. The standard InChI is InChI=1S/C11H23NO2S/c1-5-8-9-11(4)12(7-3)15(13,14)10-6-2/h7,11H,3,5-6,8-10H2,1-2,4H3/t11-/m0/s1. The van der Waals surface area contributed by atoms with Crippen molar-refractivity contribution in [3.63, 3.8) is 0 Å². The van der Waals surface area contributed by atoms with Crippen LogP contribution < -0.4 is 0 Å². The molecule has 1 atom stereocenters. The predicted molar refractivity (Wildman–Crippen MR) is 65.1 cm³/mol. The van der Waals surface area contributed by atoms with Crippen LogP contribution >= 0.6 is 0 Å². The van der Waals surface area contributed by atoms with Crippen LogP contribution in [0.15, 0.2) is 12.8 Å². The van der Waals surface area contributed by atoms with Crippen LogP contribution in [0.1, 0.15) is 46.5 Å². The average Bonchev–Trinajstić information content (AvgIpc) is 2.15. The Kier molecular flexibility index (Phi) is 6.65. The molecule has 0 heterocycles. The quantitative estimate of drug-likeness (QED) is 0.646. The van der Waals surface area contributed by atoms with Gasteiger partial charge >= 0.3 is 0 Å². The van der Waals surface area contributed by atoms with E-state index in [9.17, 15) is 8.42 Å². The Morgan fingerprint density at radius 1 is 1.33 bits per heavy atom. The van der Waals surface area contributed by atoms with Crippen LogP contribution in [0.2, 0.25) is 0 Å². The van der Waals surface area contributed by atoms with Gasteiger partial charge in [-0.2, -0.15) is 0 Å². The van der Waals surface area contributed by atoms with Crippen LogP contribution in [-0.2, 0) is 10.0 Å². The maximum atomic E-state index is 11.8. The molecule has 0 aromatic carbocycles. The van der Waals surface area contributed by atoms with Gasteiger partial charge in [-0.3, -0.25) is 4.31 Å². The molecule has 0 radical (unpaired) electrons. The lowest BCUT2D eigenvalue weighted by Crippen LogP contribution is -2.35. The lowest BCUT2D eigenvalue weighted by Gasteiger charge is -2.26. The van der Waals surface area contributed by atoms with E-state index in [1.165, 1.54) is 10.5 Å². The van der Waals surface area contributed by atoms with Gasteiger partial charge in [-0.25, -0.2) is 8.42 Å². The van der Waals surface area contributed by atoms with Gasteiger partial charge in [-0.1, -0.05) is 33.3 Å². The topological polar surface area (TPSA) is 37.4 Å². The SMILES string of the molecule is C=CN([C@@H](C)CCCC)S(=O)(=O)CCC. The Balaban J connectivity index is 4.53. The fourth-order valence-electron chi connectivity index (χ4n) is 1.56. The smallest absolute Gasteiger partial charge is 0.234 e. The fourth-order valence-corrected chi connectivity index (χ4v) is 3.17. The maximum absolute atomic E-state index is 11.8. The molecule has 0 fully saturated rings. The van der Waals surface area contributed by atoms with E-state index in [4.69, 9.17) is 0 Å². The molecule has 0 N–H and O–H groups in total. The van der Waals surface area contributed by atoms with E-state index in [2.05, 4.69) is 13.5 Å². The van der Waals surface area contributed by atoms with Crippen molar-refractivity contribution in [2.45, 2.75) is 52.5 Å². The first kappa shape index (κ1) is 14.5. The number of sulfonamides is 1. The molecule has 90 valence electrons. The molecule has 4 heteroatoms. The highest BCUT2D eigenvalue weighted by Crippen LogP contribution is 2.14. The molecule has 15 heavy (non-hydrogen) atoms. The molecule has 0 aromatic rings. The summed E-state index contributed by atoms with van der Waals surface area (Å²) in [7, 11) is -3.14. The Morgan fingerprint density at radius 3 is 2.33 bits per heavy atom. The minimum absolute atomic E-state index is 0.0269. The van der Waals surface area contributed by atoms with E-state index in [1.807, 2.05) is 13.8 Å². The number of rotatable bonds is 8. The summed E-state index contributed by atoms with van der Waals surface area (Å²) in [6, 6.07) is 0.0269. The van der Waals surface area contributed by atoms with Crippen LogP contribution in [-0.4, -0.2) is 24.5 Å². The second-order valence-corrected chi connectivity index (χ2v) is 5.81. The van der Waals surface area contributed by atoms with Crippen molar-refractivity contribution in [3.8, 4) is 0 Å². The van der Waals surface area contributed by atoms with Gasteiger partial charge in [0.05, 0.1) is 5.75 Å². The molecule has 0 aliphatic rings. The van der Waals surface area contributed by atoms with Gasteiger partial charge in [-0.05, 0) is 19.8 Å². The third-order valence-corrected chi connectivity index (χ3v) is 4.45. The summed E-state index contributed by atoms with van der Waals surface area (Å²) in [6.07, 6.45) is 5.11. The summed E-state index contributed by atoms with van der Waals surface area (Å²) < 4.78 is 25.1. The monoisotopic (exact) mass is 233 g/mol. The minimum Gasteiger partial charge on any atom is -0.275 e. The van der Waals surface area contributed by atoms with Crippen LogP contribution in [0, 0.1) is 0 Å². The number of hydrogen-bond donors (Lipinski definition) is 0. The second-order valence-electron chi connectivity index (χ2n) is 3.82. The average molecular weight is 233 g/mol. The van der Waals surface area contributed by atoms with E-state index in [-0.39, 0.29) is 11.8 Å². The molecule has 0 spiro atoms. The number of unbranched alkanes of at least 4 members (excludes halogenated alkanes) is 1. The Morgan fingerprint density at radius 2 is 1.93 bits per heavy atom. The molecule has 0 aliphatic carbocycles. The van der Waals surface area contributed by atoms with Gasteiger partial charge in [-0.15, -0.1) is 0 Å². The Labute approximate surface area is 94.2 Å². The zero-order chi connectivity index (χ0) is 11.9. The predicted octanol–water partition coefficient (Wildman–Crippen LogP) is 2.75. The molecule has 3 nitrogen and oxygen atoms in total. The van der Waals surface area contributed by atoms with Gasteiger partial charge in [0.1, 0.15) is 0 Å². The van der Waals surface area contributed by atoms with Crippen molar-refractivity contribution < 1.29 is 8.42 Å². The van der Waals surface area contributed by atoms with Crippen molar-refractivity contribution in [3.05, 3.63) is 12.8 Å². The molecular weight excluding hydrogens is 210 g/mol. The molecule has 0 saturated carbocycles. The van der Waals surface area contributed by atoms with Crippen LogP contribution in [0.5, 0.6) is 0 Å². The van der Waals surface area contributed by atoms with E-state index < -0.39 is 10.0 Å². The van der Waals surface area contributed by atoms with Crippen LogP contribution in [0.3, 0.4) is 0 Å². The maximum Gasteiger partial charge on any atom is 0.234 e. The molecule has 0 amide bonds. The lowest BCUT2D eigenvalue weighted by atomic mass is 10.1. The second kappa shape index (κ2) is 6.88. The Hall–Kier alpha value is -0.510. The first-order valence-corrected chi connectivity index (χ1v) is 7.24. The normalized spacial score (nSPS) is 13.5. The first-order valence-electron chi connectivity index (χ1n) is 5.63. The molecule has 0 unspecified atom stereocenters. The molecular formula is C11H23NO2S. The Bertz CT molecular complexity index is 272. The van der Waals surface area contributed by atoms with Gasteiger partial charge in [0.25, 0.3) is 0 Å². The summed E-state index contributed by atoms with van der Waals surface area (Å²) in [6.45, 7) is 9.49. The highest BCUT2D eigenvalue weighted by atomic mass is 32.2. The molecule has 0 bridgehead atoms.